The molecule has 1 heterocycles. The van der Waals surface area contributed by atoms with E-state index in [9.17, 15) is 28.3 Å². The molecule has 0 fully saturated rings. The average molecular weight is 450 g/mol. The Morgan fingerprint density at radius 2 is 1.97 bits per heavy atom. The van der Waals surface area contributed by atoms with Gasteiger partial charge in [-0.05, 0) is 42.8 Å². The second-order valence-corrected chi connectivity index (χ2v) is 7.09. The fraction of sp³-hybridized carbons (Fsp3) is 0.300. The Morgan fingerprint density at radius 1 is 1.28 bits per heavy atom. The number of benzene rings is 2. The number of rotatable bonds is 7. The summed E-state index contributed by atoms with van der Waals surface area (Å²) >= 11 is 0. The molecule has 0 unspecified atom stereocenters. The Balaban J connectivity index is 1.69. The largest absolute Gasteiger partial charge is 0.573 e. The van der Waals surface area contributed by atoms with Crippen LogP contribution in [0.4, 0.5) is 13.2 Å². The lowest BCUT2D eigenvalue weighted by atomic mass is 9.78. The molecule has 8 nitrogen and oxygen atoms in total. The molecule has 168 valence electrons. The molecule has 0 saturated carbocycles. The maximum absolute atomic E-state index is 12.5. The molecule has 2 N–H and O–H groups in total. The molecule has 0 spiro atoms. The van der Waals surface area contributed by atoms with E-state index in [4.69, 9.17) is 14.1 Å². The van der Waals surface area contributed by atoms with Gasteiger partial charge < -0.3 is 29.2 Å². The van der Waals surface area contributed by atoms with Crippen molar-refractivity contribution < 1.29 is 41.9 Å². The SMILES string of the molecule is COc1c(OC[C@](C)(C#N)NC(=O)c2ccc(OC(F)(F)F)cc2)ccc2c1B(O)OC2. The van der Waals surface area contributed by atoms with Gasteiger partial charge in [0, 0.05) is 11.0 Å². The van der Waals surface area contributed by atoms with Crippen molar-refractivity contribution in [2.45, 2.75) is 25.4 Å². The molecule has 2 aromatic carbocycles. The maximum atomic E-state index is 12.5. The van der Waals surface area contributed by atoms with E-state index in [0.29, 0.717) is 5.46 Å². The highest BCUT2D eigenvalue weighted by atomic mass is 19.4. The van der Waals surface area contributed by atoms with E-state index in [1.165, 1.54) is 14.0 Å². The minimum Gasteiger partial charge on any atom is -0.493 e. The number of carbonyl (C=O) groups is 1. The molecule has 0 saturated heterocycles. The molecule has 12 heteroatoms. The zero-order valence-electron chi connectivity index (χ0n) is 17.0. The summed E-state index contributed by atoms with van der Waals surface area (Å²) in [4.78, 5) is 12.5. The standard InChI is InChI=1S/C20H18BF3N2O6/c1-19(10-25,26-18(27)12-3-6-14(7-4-12)32-20(22,23)24)11-30-15-8-5-13-9-31-21(28)16(13)17(15)29-2/h3-8,28H,9,11H2,1-2H3,(H,26,27)/t19-/m0/s1. The molecule has 0 aliphatic carbocycles. The fourth-order valence-electron chi connectivity index (χ4n) is 3.04. The predicted octanol–water partition coefficient (Wildman–Crippen LogP) is 1.90. The van der Waals surface area contributed by atoms with Crippen LogP contribution in [0.25, 0.3) is 0 Å². The first-order chi connectivity index (χ1) is 15.0. The van der Waals surface area contributed by atoms with Crippen LogP contribution in [0.2, 0.25) is 0 Å². The van der Waals surface area contributed by atoms with Gasteiger partial charge in [-0.2, -0.15) is 5.26 Å². The number of methoxy groups -OCH3 is 1. The molecule has 2 aromatic rings. The number of carbonyl (C=O) groups excluding carboxylic acids is 1. The van der Waals surface area contributed by atoms with E-state index >= 15 is 0 Å². The van der Waals surface area contributed by atoms with E-state index in [1.807, 2.05) is 6.07 Å². The number of nitrogens with one attached hydrogen (secondary N) is 1. The number of amides is 1. The predicted molar refractivity (Wildman–Crippen MR) is 105 cm³/mol. The first-order valence-corrected chi connectivity index (χ1v) is 9.27. The molecule has 32 heavy (non-hydrogen) atoms. The van der Waals surface area contributed by atoms with Crippen molar-refractivity contribution in [1.82, 2.24) is 5.32 Å². The summed E-state index contributed by atoms with van der Waals surface area (Å²) in [6.07, 6.45) is -4.85. The van der Waals surface area contributed by atoms with Crippen molar-refractivity contribution in [3.63, 3.8) is 0 Å². The highest BCUT2D eigenvalue weighted by Gasteiger charge is 2.34. The third kappa shape index (κ3) is 5.24. The van der Waals surface area contributed by atoms with E-state index in [1.54, 1.807) is 12.1 Å². The Labute approximate surface area is 181 Å². The molecule has 0 aromatic heterocycles. The van der Waals surface area contributed by atoms with Gasteiger partial charge in [-0.25, -0.2) is 0 Å². The Bertz CT molecular complexity index is 1040. The number of nitrogens with zero attached hydrogens (tertiary/aromatic N) is 1. The Hall–Kier alpha value is -3.43. The third-order valence-electron chi connectivity index (χ3n) is 4.60. The van der Waals surface area contributed by atoms with Crippen LogP contribution in [0, 0.1) is 11.3 Å². The molecular weight excluding hydrogens is 432 g/mol. The number of fused-ring (bicyclic) bond motifs is 1. The van der Waals surface area contributed by atoms with Gasteiger partial charge in [0.25, 0.3) is 5.91 Å². The van der Waals surface area contributed by atoms with Crippen molar-refractivity contribution in [2.75, 3.05) is 13.7 Å². The number of hydrogen-bond donors (Lipinski definition) is 2. The van der Waals surface area contributed by atoms with E-state index < -0.39 is 30.7 Å². The van der Waals surface area contributed by atoms with E-state index in [2.05, 4.69) is 10.1 Å². The van der Waals surface area contributed by atoms with E-state index in [-0.39, 0.29) is 30.3 Å². The normalized spacial score (nSPS) is 14.7. The average Bonchev–Trinajstić information content (AvgIpc) is 3.12. The summed E-state index contributed by atoms with van der Waals surface area (Å²) in [5.74, 6) is -0.684. The molecule has 1 aliphatic rings. The molecule has 1 atom stereocenters. The van der Waals surface area contributed by atoms with Crippen LogP contribution < -0.4 is 25.0 Å². The third-order valence-corrected chi connectivity index (χ3v) is 4.60. The van der Waals surface area contributed by atoms with Gasteiger partial charge in [-0.1, -0.05) is 6.07 Å². The lowest BCUT2D eigenvalue weighted by molar-refractivity contribution is -0.274. The monoisotopic (exact) mass is 450 g/mol. The minimum absolute atomic E-state index is 0.0244. The highest BCUT2D eigenvalue weighted by molar-refractivity contribution is 6.62. The van der Waals surface area contributed by atoms with Gasteiger partial charge in [-0.15, -0.1) is 13.2 Å². The van der Waals surface area contributed by atoms with Crippen molar-refractivity contribution >= 4 is 18.5 Å². The van der Waals surface area contributed by atoms with Crippen LogP contribution in [-0.2, 0) is 11.3 Å². The summed E-state index contributed by atoms with van der Waals surface area (Å²) in [6.45, 7) is 1.35. The summed E-state index contributed by atoms with van der Waals surface area (Å²) in [6, 6.07) is 9.49. The first-order valence-electron chi connectivity index (χ1n) is 9.27. The van der Waals surface area contributed by atoms with Crippen LogP contribution in [0.5, 0.6) is 17.2 Å². The summed E-state index contributed by atoms with van der Waals surface area (Å²) in [7, 11) is 0.222. The van der Waals surface area contributed by atoms with Gasteiger partial charge in [0.15, 0.2) is 17.0 Å². The fourth-order valence-corrected chi connectivity index (χ4v) is 3.04. The van der Waals surface area contributed by atoms with Crippen molar-refractivity contribution in [1.29, 1.82) is 5.26 Å². The van der Waals surface area contributed by atoms with Crippen LogP contribution in [0.15, 0.2) is 36.4 Å². The van der Waals surface area contributed by atoms with Crippen molar-refractivity contribution in [3.8, 4) is 23.3 Å². The molecule has 3 rings (SSSR count). The second kappa shape index (κ2) is 8.98. The van der Waals surface area contributed by atoms with Crippen LogP contribution in [0.3, 0.4) is 0 Å². The number of alkyl halides is 3. The van der Waals surface area contributed by atoms with Crippen LogP contribution in [-0.4, -0.2) is 43.7 Å². The van der Waals surface area contributed by atoms with Crippen molar-refractivity contribution in [2.24, 2.45) is 0 Å². The molecule has 1 amide bonds. The second-order valence-electron chi connectivity index (χ2n) is 7.09. The number of ether oxygens (including phenoxy) is 3. The summed E-state index contributed by atoms with van der Waals surface area (Å²) in [5.41, 5.74) is -0.307. The molecule has 0 bridgehead atoms. The number of halogens is 3. The Morgan fingerprint density at radius 3 is 2.56 bits per heavy atom. The topological polar surface area (TPSA) is 110 Å². The van der Waals surface area contributed by atoms with Crippen LogP contribution >= 0.6 is 0 Å². The molecular formula is C20H18BF3N2O6. The zero-order chi connectivity index (χ0) is 23.5. The van der Waals surface area contributed by atoms with Gasteiger partial charge in [-0.3, -0.25) is 4.79 Å². The highest BCUT2D eigenvalue weighted by Crippen LogP contribution is 2.30. The molecule has 1 aliphatic heterocycles. The van der Waals surface area contributed by atoms with Gasteiger partial charge >= 0.3 is 13.5 Å². The first kappa shape index (κ1) is 23.2. The number of hydrogen-bond acceptors (Lipinski definition) is 7. The van der Waals surface area contributed by atoms with Gasteiger partial charge in [0.1, 0.15) is 12.4 Å². The Kier molecular flexibility index (Phi) is 6.52. The summed E-state index contributed by atoms with van der Waals surface area (Å²) in [5, 5.41) is 22.0. The summed E-state index contributed by atoms with van der Waals surface area (Å²) < 4.78 is 56.7. The number of nitriles is 1. The smallest absolute Gasteiger partial charge is 0.493 e. The maximum Gasteiger partial charge on any atom is 0.573 e. The molecule has 0 radical (unpaired) electrons. The minimum atomic E-state index is -4.85. The zero-order valence-corrected chi connectivity index (χ0v) is 17.0. The lowest BCUT2D eigenvalue weighted by Gasteiger charge is -2.24. The van der Waals surface area contributed by atoms with Crippen molar-refractivity contribution in [3.05, 3.63) is 47.5 Å². The van der Waals surface area contributed by atoms with E-state index in [0.717, 1.165) is 29.8 Å². The lowest BCUT2D eigenvalue weighted by Crippen LogP contribution is -2.49. The van der Waals surface area contributed by atoms with Gasteiger partial charge in [0.05, 0.1) is 19.8 Å². The van der Waals surface area contributed by atoms with Gasteiger partial charge in [0.2, 0.25) is 0 Å². The quantitative estimate of drug-likeness (QED) is 0.621. The van der Waals surface area contributed by atoms with Crippen LogP contribution in [0.1, 0.15) is 22.8 Å².